The fourth-order valence-corrected chi connectivity index (χ4v) is 2.68. The van der Waals surface area contributed by atoms with Crippen molar-refractivity contribution in [3.8, 4) is 5.75 Å². The molecule has 1 aromatic rings. The number of esters is 1. The van der Waals surface area contributed by atoms with Gasteiger partial charge in [0.2, 0.25) is 0 Å². The zero-order valence-corrected chi connectivity index (χ0v) is 11.5. The van der Waals surface area contributed by atoms with Crippen LogP contribution in [0.15, 0.2) is 36.9 Å². The first-order valence-electron chi connectivity index (χ1n) is 5.48. The van der Waals surface area contributed by atoms with E-state index in [1.807, 2.05) is 44.3 Å². The van der Waals surface area contributed by atoms with Crippen molar-refractivity contribution in [2.75, 3.05) is 6.23 Å². The molecule has 17 heavy (non-hydrogen) atoms. The first kappa shape index (κ1) is 13.5. The molecule has 0 aliphatic rings. The van der Waals surface area contributed by atoms with Crippen LogP contribution < -0.4 is 4.43 Å². The van der Waals surface area contributed by atoms with E-state index in [9.17, 15) is 4.79 Å². The Morgan fingerprint density at radius 3 is 2.65 bits per heavy atom. The van der Waals surface area contributed by atoms with Crippen molar-refractivity contribution in [2.24, 2.45) is 0 Å². The topological polar surface area (TPSA) is 35.5 Å². The standard InChI is InChI=1S/C13H18O3Si/c1-5-13(14)15-10-17(3,4)16-12-9-7-6-8-11(12)2/h5-9H,1,10H2,2-4H3. The van der Waals surface area contributed by atoms with Crippen molar-refractivity contribution in [1.29, 1.82) is 0 Å². The summed E-state index contributed by atoms with van der Waals surface area (Å²) in [6, 6.07) is 7.83. The molecule has 3 nitrogen and oxygen atoms in total. The summed E-state index contributed by atoms with van der Waals surface area (Å²) in [6.45, 7) is 9.37. The maximum Gasteiger partial charge on any atom is 0.329 e. The van der Waals surface area contributed by atoms with Gasteiger partial charge >= 0.3 is 5.97 Å². The second kappa shape index (κ2) is 5.68. The Hall–Kier alpha value is -1.55. The third-order valence-electron chi connectivity index (χ3n) is 2.21. The Balaban J connectivity index is 2.63. The molecule has 0 bridgehead atoms. The summed E-state index contributed by atoms with van der Waals surface area (Å²) >= 11 is 0. The summed E-state index contributed by atoms with van der Waals surface area (Å²) in [5.74, 6) is 0.456. The predicted molar refractivity (Wildman–Crippen MR) is 70.4 cm³/mol. The van der Waals surface area contributed by atoms with Gasteiger partial charge in [0.1, 0.15) is 12.0 Å². The number of carbonyl (C=O) groups excluding carboxylic acids is 1. The van der Waals surface area contributed by atoms with Gasteiger partial charge in [0.15, 0.2) is 0 Å². The molecule has 92 valence electrons. The van der Waals surface area contributed by atoms with Gasteiger partial charge in [-0.2, -0.15) is 0 Å². The minimum absolute atomic E-state index is 0.326. The van der Waals surface area contributed by atoms with Crippen LogP contribution in [0.3, 0.4) is 0 Å². The Morgan fingerprint density at radius 2 is 2.06 bits per heavy atom. The van der Waals surface area contributed by atoms with Crippen molar-refractivity contribution in [2.45, 2.75) is 20.0 Å². The number of carbonyl (C=O) groups is 1. The van der Waals surface area contributed by atoms with E-state index >= 15 is 0 Å². The Kier molecular flexibility index (Phi) is 4.51. The molecule has 0 atom stereocenters. The molecule has 0 amide bonds. The minimum atomic E-state index is -2.05. The van der Waals surface area contributed by atoms with E-state index in [4.69, 9.17) is 9.16 Å². The molecule has 1 aromatic carbocycles. The number of benzene rings is 1. The van der Waals surface area contributed by atoms with Gasteiger partial charge in [-0.15, -0.1) is 0 Å². The van der Waals surface area contributed by atoms with Gasteiger partial charge in [-0.1, -0.05) is 24.8 Å². The molecule has 0 saturated carbocycles. The van der Waals surface area contributed by atoms with Gasteiger partial charge in [0, 0.05) is 6.08 Å². The smallest absolute Gasteiger partial charge is 0.329 e. The highest BCUT2D eigenvalue weighted by atomic mass is 28.4. The van der Waals surface area contributed by atoms with E-state index in [-0.39, 0.29) is 0 Å². The molecular formula is C13H18O3Si. The van der Waals surface area contributed by atoms with Gasteiger partial charge in [0.05, 0.1) is 0 Å². The van der Waals surface area contributed by atoms with Crippen LogP contribution in [-0.2, 0) is 9.53 Å². The van der Waals surface area contributed by atoms with Gasteiger partial charge in [-0.05, 0) is 31.6 Å². The zero-order valence-electron chi connectivity index (χ0n) is 10.5. The predicted octanol–water partition coefficient (Wildman–Crippen LogP) is 2.85. The highest BCUT2D eigenvalue weighted by Crippen LogP contribution is 2.20. The summed E-state index contributed by atoms with van der Waals surface area (Å²) < 4.78 is 11.0. The SMILES string of the molecule is C=CC(=O)OC[Si](C)(C)Oc1ccccc1C. The number of aryl methyl sites for hydroxylation is 1. The van der Waals surface area contributed by atoms with Gasteiger partial charge in [-0.3, -0.25) is 0 Å². The van der Waals surface area contributed by atoms with Crippen LogP contribution in [0.25, 0.3) is 0 Å². The normalized spacial score (nSPS) is 10.8. The van der Waals surface area contributed by atoms with E-state index < -0.39 is 14.3 Å². The summed E-state index contributed by atoms with van der Waals surface area (Å²) in [4.78, 5) is 11.0. The highest BCUT2D eigenvalue weighted by Gasteiger charge is 2.27. The number of hydrogen-bond acceptors (Lipinski definition) is 3. The summed E-state index contributed by atoms with van der Waals surface area (Å²) in [7, 11) is -2.05. The van der Waals surface area contributed by atoms with Crippen molar-refractivity contribution >= 4 is 14.3 Å². The number of rotatable bonds is 5. The van der Waals surface area contributed by atoms with E-state index in [1.165, 1.54) is 0 Å². The molecule has 4 heteroatoms. The Labute approximate surface area is 103 Å². The Morgan fingerprint density at radius 1 is 1.41 bits per heavy atom. The van der Waals surface area contributed by atoms with E-state index in [1.54, 1.807) is 0 Å². The van der Waals surface area contributed by atoms with Crippen LogP contribution in [0.4, 0.5) is 0 Å². The monoisotopic (exact) mass is 250 g/mol. The largest absolute Gasteiger partial charge is 0.540 e. The lowest BCUT2D eigenvalue weighted by Crippen LogP contribution is -2.41. The van der Waals surface area contributed by atoms with Crippen LogP contribution in [0.5, 0.6) is 5.75 Å². The molecule has 0 radical (unpaired) electrons. The van der Waals surface area contributed by atoms with E-state index in [0.717, 1.165) is 17.4 Å². The number of ether oxygens (including phenoxy) is 1. The first-order valence-corrected chi connectivity index (χ1v) is 8.60. The fraction of sp³-hybridized carbons (Fsp3) is 0.308. The molecule has 0 saturated heterocycles. The van der Waals surface area contributed by atoms with Gasteiger partial charge in [0.25, 0.3) is 8.32 Å². The molecular weight excluding hydrogens is 232 g/mol. The lowest BCUT2D eigenvalue weighted by atomic mass is 10.2. The van der Waals surface area contributed by atoms with Crippen molar-refractivity contribution < 1.29 is 14.0 Å². The van der Waals surface area contributed by atoms with Crippen LogP contribution in [0.2, 0.25) is 13.1 Å². The zero-order chi connectivity index (χ0) is 12.9. The summed E-state index contributed by atoms with van der Waals surface area (Å²) in [6.07, 6.45) is 1.49. The molecule has 0 fully saturated rings. The summed E-state index contributed by atoms with van der Waals surface area (Å²) in [5.41, 5.74) is 1.09. The van der Waals surface area contributed by atoms with Crippen LogP contribution in [-0.4, -0.2) is 20.5 Å². The van der Waals surface area contributed by atoms with Crippen LogP contribution >= 0.6 is 0 Å². The molecule has 1 rings (SSSR count). The summed E-state index contributed by atoms with van der Waals surface area (Å²) in [5, 5.41) is 0. The molecule has 0 aliphatic carbocycles. The molecule has 0 N–H and O–H groups in total. The molecule has 0 heterocycles. The van der Waals surface area contributed by atoms with E-state index in [0.29, 0.717) is 6.23 Å². The average molecular weight is 250 g/mol. The third kappa shape index (κ3) is 4.44. The highest BCUT2D eigenvalue weighted by molar-refractivity contribution is 6.71. The second-order valence-electron chi connectivity index (χ2n) is 4.44. The maximum absolute atomic E-state index is 11.0. The first-order chi connectivity index (χ1) is 7.94. The lowest BCUT2D eigenvalue weighted by Gasteiger charge is -2.24. The minimum Gasteiger partial charge on any atom is -0.540 e. The second-order valence-corrected chi connectivity index (χ2v) is 8.45. The third-order valence-corrected chi connectivity index (χ3v) is 3.82. The van der Waals surface area contributed by atoms with Gasteiger partial charge < -0.3 is 9.16 Å². The quantitative estimate of drug-likeness (QED) is 0.458. The lowest BCUT2D eigenvalue weighted by molar-refractivity contribution is -0.136. The number of hydrogen-bond donors (Lipinski definition) is 0. The van der Waals surface area contributed by atoms with Gasteiger partial charge in [-0.25, -0.2) is 4.79 Å². The van der Waals surface area contributed by atoms with Crippen LogP contribution in [0, 0.1) is 6.92 Å². The Bertz CT molecular complexity index is 413. The maximum atomic E-state index is 11.0. The van der Waals surface area contributed by atoms with Crippen molar-refractivity contribution in [3.63, 3.8) is 0 Å². The molecule has 0 aliphatic heterocycles. The van der Waals surface area contributed by atoms with Crippen molar-refractivity contribution in [1.82, 2.24) is 0 Å². The van der Waals surface area contributed by atoms with Crippen LogP contribution in [0.1, 0.15) is 5.56 Å². The molecule has 0 spiro atoms. The van der Waals surface area contributed by atoms with E-state index in [2.05, 4.69) is 6.58 Å². The number of para-hydroxylation sites is 1. The molecule has 0 aromatic heterocycles. The molecule has 0 unspecified atom stereocenters. The average Bonchev–Trinajstić information content (AvgIpc) is 2.29. The van der Waals surface area contributed by atoms with Crippen molar-refractivity contribution in [3.05, 3.63) is 42.5 Å². The fourth-order valence-electron chi connectivity index (χ4n) is 1.30.